The van der Waals surface area contributed by atoms with Crippen LogP contribution in [-0.4, -0.2) is 38.6 Å². The number of aliphatic hydroxyl groups excluding tert-OH is 1. The second-order valence-electron chi connectivity index (χ2n) is 7.56. The molecule has 0 aromatic heterocycles. The molecular formula is C22H31NO4. The highest BCUT2D eigenvalue weighted by Gasteiger charge is 2.20. The molecule has 0 saturated carbocycles. The summed E-state index contributed by atoms with van der Waals surface area (Å²) in [6, 6.07) is 13.6. The van der Waals surface area contributed by atoms with Crippen molar-refractivity contribution in [1.82, 2.24) is 5.32 Å². The Hall–Kier alpha value is -2.24. The van der Waals surface area contributed by atoms with E-state index >= 15 is 0 Å². The largest absolute Gasteiger partial charge is 0.497 e. The van der Waals surface area contributed by atoms with Crippen LogP contribution < -0.4 is 19.5 Å². The number of hydrogen-bond acceptors (Lipinski definition) is 5. The van der Waals surface area contributed by atoms with Crippen LogP contribution in [0, 0.1) is 0 Å². The average Bonchev–Trinajstić information content (AvgIpc) is 2.65. The quantitative estimate of drug-likeness (QED) is 0.704. The van der Waals surface area contributed by atoms with E-state index in [-0.39, 0.29) is 12.0 Å². The number of methoxy groups -OCH3 is 2. The Morgan fingerprint density at radius 1 is 1.00 bits per heavy atom. The SMILES string of the molecule is COc1cccc(CNC[C@@H](O)COc2ccc(OC)cc2C(C)(C)C)c1. The van der Waals surface area contributed by atoms with Crippen LogP contribution in [-0.2, 0) is 12.0 Å². The Kier molecular flexibility index (Phi) is 7.51. The standard InChI is InChI=1S/C22H31NO4/c1-22(2,3)20-12-19(26-5)9-10-21(20)27-15-17(24)14-23-13-16-7-6-8-18(11-16)25-4/h6-12,17,23-24H,13-15H2,1-5H3/t17-/m1/s1. The summed E-state index contributed by atoms with van der Waals surface area (Å²) < 4.78 is 16.4. The van der Waals surface area contributed by atoms with Gasteiger partial charge in [0, 0.05) is 18.7 Å². The van der Waals surface area contributed by atoms with Gasteiger partial charge >= 0.3 is 0 Å². The number of ether oxygens (including phenoxy) is 3. The first-order valence-electron chi connectivity index (χ1n) is 9.16. The maximum absolute atomic E-state index is 10.2. The lowest BCUT2D eigenvalue weighted by atomic mass is 9.86. The van der Waals surface area contributed by atoms with Gasteiger partial charge in [0.25, 0.3) is 0 Å². The predicted octanol–water partition coefficient (Wildman–Crippen LogP) is 3.53. The molecule has 0 amide bonds. The second kappa shape index (κ2) is 9.62. The number of nitrogens with one attached hydrogen (secondary N) is 1. The molecule has 5 nitrogen and oxygen atoms in total. The van der Waals surface area contributed by atoms with Gasteiger partial charge in [-0.3, -0.25) is 0 Å². The summed E-state index contributed by atoms with van der Waals surface area (Å²) in [4.78, 5) is 0. The predicted molar refractivity (Wildman–Crippen MR) is 108 cm³/mol. The van der Waals surface area contributed by atoms with Gasteiger partial charge < -0.3 is 24.6 Å². The van der Waals surface area contributed by atoms with Crippen molar-refractivity contribution in [2.75, 3.05) is 27.4 Å². The second-order valence-corrected chi connectivity index (χ2v) is 7.56. The molecule has 0 spiro atoms. The summed E-state index contributed by atoms with van der Waals surface area (Å²) in [7, 11) is 3.30. The van der Waals surface area contributed by atoms with E-state index in [0.29, 0.717) is 13.1 Å². The van der Waals surface area contributed by atoms with E-state index in [4.69, 9.17) is 14.2 Å². The van der Waals surface area contributed by atoms with Crippen molar-refractivity contribution in [1.29, 1.82) is 0 Å². The first-order valence-corrected chi connectivity index (χ1v) is 9.16. The molecule has 2 aromatic carbocycles. The third kappa shape index (κ3) is 6.45. The van der Waals surface area contributed by atoms with Crippen LogP contribution in [0.25, 0.3) is 0 Å². The lowest BCUT2D eigenvalue weighted by Crippen LogP contribution is -2.31. The molecule has 27 heavy (non-hydrogen) atoms. The van der Waals surface area contributed by atoms with Crippen molar-refractivity contribution in [3.8, 4) is 17.2 Å². The Bertz CT molecular complexity index is 724. The molecule has 2 aromatic rings. The fraction of sp³-hybridized carbons (Fsp3) is 0.455. The van der Waals surface area contributed by atoms with Gasteiger partial charge in [0.05, 0.1) is 14.2 Å². The van der Waals surface area contributed by atoms with E-state index in [1.54, 1.807) is 14.2 Å². The summed E-state index contributed by atoms with van der Waals surface area (Å²) in [5.74, 6) is 2.40. The molecule has 0 aliphatic rings. The van der Waals surface area contributed by atoms with Crippen molar-refractivity contribution in [3.05, 3.63) is 53.6 Å². The van der Waals surface area contributed by atoms with Gasteiger partial charge in [-0.1, -0.05) is 32.9 Å². The first-order chi connectivity index (χ1) is 12.8. The summed E-state index contributed by atoms with van der Waals surface area (Å²) in [6.07, 6.45) is -0.606. The third-order valence-electron chi connectivity index (χ3n) is 4.27. The molecule has 2 rings (SSSR count). The molecule has 0 aliphatic heterocycles. The zero-order chi connectivity index (χ0) is 19.9. The highest BCUT2D eigenvalue weighted by atomic mass is 16.5. The zero-order valence-corrected chi connectivity index (χ0v) is 16.9. The van der Waals surface area contributed by atoms with Gasteiger partial charge in [-0.25, -0.2) is 0 Å². The summed E-state index contributed by atoms with van der Waals surface area (Å²) in [5, 5.41) is 13.5. The molecule has 2 N–H and O–H groups in total. The maximum atomic E-state index is 10.2. The Morgan fingerprint density at radius 3 is 2.37 bits per heavy atom. The van der Waals surface area contributed by atoms with Crippen molar-refractivity contribution in [2.24, 2.45) is 0 Å². The average molecular weight is 373 g/mol. The van der Waals surface area contributed by atoms with Crippen LogP contribution in [0.4, 0.5) is 0 Å². The van der Waals surface area contributed by atoms with Gasteiger partial charge in [-0.05, 0) is 41.3 Å². The summed E-state index contributed by atoms with van der Waals surface area (Å²) >= 11 is 0. The lowest BCUT2D eigenvalue weighted by Gasteiger charge is -2.24. The summed E-state index contributed by atoms with van der Waals surface area (Å²) in [5.41, 5.74) is 2.07. The van der Waals surface area contributed by atoms with Crippen molar-refractivity contribution >= 4 is 0 Å². The van der Waals surface area contributed by atoms with E-state index in [9.17, 15) is 5.11 Å². The van der Waals surface area contributed by atoms with Gasteiger partial charge in [-0.2, -0.15) is 0 Å². The Balaban J connectivity index is 1.87. The fourth-order valence-corrected chi connectivity index (χ4v) is 2.76. The smallest absolute Gasteiger partial charge is 0.123 e. The number of hydrogen-bond donors (Lipinski definition) is 2. The summed E-state index contributed by atoms with van der Waals surface area (Å²) in [6.45, 7) is 7.70. The van der Waals surface area contributed by atoms with E-state index in [1.165, 1.54) is 0 Å². The van der Waals surface area contributed by atoms with Crippen LogP contribution in [0.2, 0.25) is 0 Å². The van der Waals surface area contributed by atoms with Crippen LogP contribution in [0.5, 0.6) is 17.2 Å². The van der Waals surface area contributed by atoms with E-state index < -0.39 is 6.10 Å². The molecule has 0 bridgehead atoms. The van der Waals surface area contributed by atoms with Crippen molar-refractivity contribution in [2.45, 2.75) is 38.8 Å². The molecule has 0 unspecified atom stereocenters. The molecule has 5 heteroatoms. The molecule has 0 fully saturated rings. The van der Waals surface area contributed by atoms with Crippen molar-refractivity contribution in [3.63, 3.8) is 0 Å². The number of rotatable bonds is 9. The first kappa shape index (κ1) is 21.1. The molecule has 0 saturated heterocycles. The van der Waals surface area contributed by atoms with E-state index in [1.807, 2.05) is 42.5 Å². The van der Waals surface area contributed by atoms with Crippen LogP contribution in [0.1, 0.15) is 31.9 Å². The minimum Gasteiger partial charge on any atom is -0.497 e. The molecule has 0 heterocycles. The maximum Gasteiger partial charge on any atom is 0.123 e. The van der Waals surface area contributed by atoms with Gasteiger partial charge in [0.15, 0.2) is 0 Å². The van der Waals surface area contributed by atoms with Crippen LogP contribution in [0.3, 0.4) is 0 Å². The number of aliphatic hydroxyl groups is 1. The van der Waals surface area contributed by atoms with E-state index in [2.05, 4.69) is 26.1 Å². The fourth-order valence-electron chi connectivity index (χ4n) is 2.76. The highest BCUT2D eigenvalue weighted by molar-refractivity contribution is 5.44. The van der Waals surface area contributed by atoms with E-state index in [0.717, 1.165) is 28.4 Å². The minimum atomic E-state index is -0.606. The monoisotopic (exact) mass is 373 g/mol. The zero-order valence-electron chi connectivity index (χ0n) is 16.9. The Labute approximate surface area is 162 Å². The normalized spacial score (nSPS) is 12.5. The van der Waals surface area contributed by atoms with Gasteiger partial charge in [-0.15, -0.1) is 0 Å². The Morgan fingerprint density at radius 2 is 1.70 bits per heavy atom. The number of benzene rings is 2. The molecule has 0 aliphatic carbocycles. The topological polar surface area (TPSA) is 60.0 Å². The molecular weight excluding hydrogens is 342 g/mol. The van der Waals surface area contributed by atoms with Crippen molar-refractivity contribution < 1.29 is 19.3 Å². The molecule has 0 radical (unpaired) electrons. The molecule has 1 atom stereocenters. The van der Waals surface area contributed by atoms with Crippen LogP contribution in [0.15, 0.2) is 42.5 Å². The minimum absolute atomic E-state index is 0.0839. The van der Waals surface area contributed by atoms with Gasteiger partial charge in [0.2, 0.25) is 0 Å². The third-order valence-corrected chi connectivity index (χ3v) is 4.27. The highest BCUT2D eigenvalue weighted by Crippen LogP contribution is 2.34. The lowest BCUT2D eigenvalue weighted by molar-refractivity contribution is 0.105. The van der Waals surface area contributed by atoms with Gasteiger partial charge in [0.1, 0.15) is 30.0 Å². The molecule has 148 valence electrons. The van der Waals surface area contributed by atoms with Crippen LogP contribution >= 0.6 is 0 Å².